The van der Waals surface area contributed by atoms with Gasteiger partial charge in [0.1, 0.15) is 11.3 Å². The van der Waals surface area contributed by atoms with Crippen LogP contribution in [-0.4, -0.2) is 35.1 Å². The van der Waals surface area contributed by atoms with E-state index in [1.807, 2.05) is 0 Å². The Morgan fingerprint density at radius 1 is 1.60 bits per heavy atom. The van der Waals surface area contributed by atoms with Gasteiger partial charge in [-0.25, -0.2) is 9.37 Å². The van der Waals surface area contributed by atoms with Crippen LogP contribution in [0.15, 0.2) is 18.3 Å². The highest BCUT2D eigenvalue weighted by molar-refractivity contribution is 6.29. The third-order valence-electron chi connectivity index (χ3n) is 2.39. The second kappa shape index (κ2) is 4.14. The number of pyridine rings is 1. The van der Waals surface area contributed by atoms with E-state index < -0.39 is 6.17 Å². The molecule has 1 aromatic heterocycles. The van der Waals surface area contributed by atoms with Gasteiger partial charge in [-0.05, 0) is 18.6 Å². The molecule has 1 atom stereocenters. The molecule has 0 unspecified atom stereocenters. The van der Waals surface area contributed by atoms with Gasteiger partial charge in [-0.3, -0.25) is 4.79 Å². The monoisotopic (exact) mass is 228 g/mol. The smallest absolute Gasteiger partial charge is 0.255 e. The number of likely N-dealkylation sites (tertiary alicyclic amines) is 1. The van der Waals surface area contributed by atoms with Gasteiger partial charge in [0, 0.05) is 12.7 Å². The zero-order valence-electron chi connectivity index (χ0n) is 7.99. The molecule has 5 heteroatoms. The lowest BCUT2D eigenvalue weighted by Gasteiger charge is -2.14. The van der Waals surface area contributed by atoms with Gasteiger partial charge >= 0.3 is 0 Å². The number of hydrogen-bond donors (Lipinski definition) is 0. The van der Waals surface area contributed by atoms with Crippen molar-refractivity contribution in [1.29, 1.82) is 0 Å². The minimum Gasteiger partial charge on any atom is -0.336 e. The highest BCUT2D eigenvalue weighted by atomic mass is 35.5. The third-order valence-corrected chi connectivity index (χ3v) is 2.62. The standard InChI is InChI=1S/C10H10ClFN2O/c11-9-2-1-7(5-13-9)10(15)14-4-3-8(12)6-14/h1-2,5,8H,3-4,6H2/t8-/m1/s1. The first-order valence-corrected chi connectivity index (χ1v) is 5.09. The Kier molecular flexibility index (Phi) is 2.86. The van der Waals surface area contributed by atoms with E-state index in [1.165, 1.54) is 11.1 Å². The Morgan fingerprint density at radius 3 is 2.93 bits per heavy atom. The molecule has 1 fully saturated rings. The Bertz CT molecular complexity index is 368. The zero-order valence-corrected chi connectivity index (χ0v) is 8.75. The molecular weight excluding hydrogens is 219 g/mol. The number of halogens is 2. The van der Waals surface area contributed by atoms with Gasteiger partial charge in [0.05, 0.1) is 12.1 Å². The van der Waals surface area contributed by atoms with E-state index in [1.54, 1.807) is 12.1 Å². The molecular formula is C10H10ClFN2O. The fraction of sp³-hybridized carbons (Fsp3) is 0.400. The van der Waals surface area contributed by atoms with E-state index in [4.69, 9.17) is 11.6 Å². The summed E-state index contributed by atoms with van der Waals surface area (Å²) in [5.41, 5.74) is 0.452. The van der Waals surface area contributed by atoms with E-state index in [0.717, 1.165) is 0 Å². The molecule has 15 heavy (non-hydrogen) atoms. The predicted molar refractivity (Wildman–Crippen MR) is 54.7 cm³/mol. The van der Waals surface area contributed by atoms with Crippen molar-refractivity contribution < 1.29 is 9.18 Å². The second-order valence-corrected chi connectivity index (χ2v) is 3.89. The molecule has 2 heterocycles. The van der Waals surface area contributed by atoms with Crippen molar-refractivity contribution in [3.05, 3.63) is 29.0 Å². The van der Waals surface area contributed by atoms with Crippen molar-refractivity contribution in [2.75, 3.05) is 13.1 Å². The lowest BCUT2D eigenvalue weighted by atomic mass is 10.2. The Morgan fingerprint density at radius 2 is 2.40 bits per heavy atom. The highest BCUT2D eigenvalue weighted by Crippen LogP contribution is 2.16. The van der Waals surface area contributed by atoms with Crippen LogP contribution < -0.4 is 0 Å². The number of carbonyl (C=O) groups excluding carboxylic acids is 1. The van der Waals surface area contributed by atoms with Gasteiger partial charge in [0.25, 0.3) is 5.91 Å². The molecule has 0 radical (unpaired) electrons. The third kappa shape index (κ3) is 2.26. The molecule has 0 bridgehead atoms. The summed E-state index contributed by atoms with van der Waals surface area (Å²) in [5.74, 6) is -0.181. The minimum absolute atomic E-state index is 0.181. The number of aromatic nitrogens is 1. The van der Waals surface area contributed by atoms with Crippen LogP contribution in [0.2, 0.25) is 5.15 Å². The highest BCUT2D eigenvalue weighted by Gasteiger charge is 2.26. The number of hydrogen-bond acceptors (Lipinski definition) is 2. The summed E-state index contributed by atoms with van der Waals surface area (Å²) in [6.07, 6.45) is 0.942. The summed E-state index contributed by atoms with van der Waals surface area (Å²) in [4.78, 5) is 17.1. The van der Waals surface area contributed by atoms with Crippen molar-refractivity contribution >= 4 is 17.5 Å². The summed E-state index contributed by atoms with van der Waals surface area (Å²) in [6, 6.07) is 3.15. The van der Waals surface area contributed by atoms with Gasteiger partial charge in [-0.15, -0.1) is 0 Å². The van der Waals surface area contributed by atoms with Crippen LogP contribution in [0.25, 0.3) is 0 Å². The molecule has 1 saturated heterocycles. The first-order chi connectivity index (χ1) is 7.16. The molecule has 2 rings (SSSR count). The first-order valence-electron chi connectivity index (χ1n) is 4.72. The summed E-state index contributed by atoms with van der Waals surface area (Å²) < 4.78 is 12.9. The van der Waals surface area contributed by atoms with Crippen LogP contribution in [0.5, 0.6) is 0 Å². The number of amides is 1. The van der Waals surface area contributed by atoms with Gasteiger partial charge in [-0.1, -0.05) is 11.6 Å². The van der Waals surface area contributed by atoms with Crippen LogP contribution in [0, 0.1) is 0 Å². The molecule has 1 amide bonds. The minimum atomic E-state index is -0.894. The molecule has 0 spiro atoms. The van der Waals surface area contributed by atoms with Crippen LogP contribution in [0.1, 0.15) is 16.8 Å². The fourth-order valence-electron chi connectivity index (χ4n) is 1.59. The molecule has 0 N–H and O–H groups in total. The first kappa shape index (κ1) is 10.4. The fourth-order valence-corrected chi connectivity index (χ4v) is 1.70. The average molecular weight is 229 g/mol. The molecule has 0 aromatic carbocycles. The largest absolute Gasteiger partial charge is 0.336 e. The van der Waals surface area contributed by atoms with Gasteiger partial charge < -0.3 is 4.90 Å². The molecule has 1 aromatic rings. The Balaban J connectivity index is 2.11. The van der Waals surface area contributed by atoms with Crippen LogP contribution in [-0.2, 0) is 0 Å². The molecule has 0 saturated carbocycles. The van der Waals surface area contributed by atoms with Crippen molar-refractivity contribution in [2.24, 2.45) is 0 Å². The number of alkyl halides is 1. The van der Waals surface area contributed by atoms with E-state index in [2.05, 4.69) is 4.98 Å². The summed E-state index contributed by atoms with van der Waals surface area (Å²) in [5, 5.41) is 0.344. The summed E-state index contributed by atoms with van der Waals surface area (Å²) in [6.45, 7) is 0.657. The molecule has 80 valence electrons. The van der Waals surface area contributed by atoms with Crippen molar-refractivity contribution in [2.45, 2.75) is 12.6 Å². The predicted octanol–water partition coefficient (Wildman–Crippen LogP) is 1.92. The second-order valence-electron chi connectivity index (χ2n) is 3.51. The van der Waals surface area contributed by atoms with Gasteiger partial charge in [0.15, 0.2) is 0 Å². The molecule has 1 aliphatic rings. The van der Waals surface area contributed by atoms with Crippen LogP contribution in [0.4, 0.5) is 4.39 Å². The van der Waals surface area contributed by atoms with Crippen molar-refractivity contribution in [3.8, 4) is 0 Å². The maximum Gasteiger partial charge on any atom is 0.255 e. The lowest BCUT2D eigenvalue weighted by Crippen LogP contribution is -2.28. The Hall–Kier alpha value is -1.16. The molecule has 1 aliphatic heterocycles. The van der Waals surface area contributed by atoms with E-state index >= 15 is 0 Å². The quantitative estimate of drug-likeness (QED) is 0.688. The van der Waals surface area contributed by atoms with Gasteiger partial charge in [-0.2, -0.15) is 0 Å². The summed E-state index contributed by atoms with van der Waals surface area (Å²) in [7, 11) is 0. The normalized spacial score (nSPS) is 20.7. The molecule has 0 aliphatic carbocycles. The number of carbonyl (C=O) groups is 1. The maximum absolute atomic E-state index is 12.9. The van der Waals surface area contributed by atoms with E-state index in [9.17, 15) is 9.18 Å². The number of nitrogens with zero attached hydrogens (tertiary/aromatic N) is 2. The number of rotatable bonds is 1. The molecule has 3 nitrogen and oxygen atoms in total. The van der Waals surface area contributed by atoms with Crippen molar-refractivity contribution in [1.82, 2.24) is 9.88 Å². The summed E-state index contributed by atoms with van der Waals surface area (Å²) >= 11 is 5.60. The average Bonchev–Trinajstić information content (AvgIpc) is 2.65. The van der Waals surface area contributed by atoms with Crippen LogP contribution >= 0.6 is 11.6 Å². The topological polar surface area (TPSA) is 33.2 Å². The Labute approximate surface area is 91.9 Å². The lowest BCUT2D eigenvalue weighted by molar-refractivity contribution is 0.0782. The van der Waals surface area contributed by atoms with Crippen LogP contribution in [0.3, 0.4) is 0 Å². The van der Waals surface area contributed by atoms with Gasteiger partial charge in [0.2, 0.25) is 0 Å². The van der Waals surface area contributed by atoms with E-state index in [0.29, 0.717) is 23.7 Å². The zero-order chi connectivity index (χ0) is 10.8. The van der Waals surface area contributed by atoms with Crippen molar-refractivity contribution in [3.63, 3.8) is 0 Å². The maximum atomic E-state index is 12.9. The SMILES string of the molecule is O=C(c1ccc(Cl)nc1)N1CC[C@@H](F)C1. The van der Waals surface area contributed by atoms with E-state index in [-0.39, 0.29) is 12.5 Å².